The van der Waals surface area contributed by atoms with Crippen LogP contribution in [0.2, 0.25) is 0 Å². The number of rotatable bonds is 3. The van der Waals surface area contributed by atoms with E-state index in [2.05, 4.69) is 12.6 Å². The molecule has 0 unspecified atom stereocenters. The van der Waals surface area contributed by atoms with Crippen LogP contribution in [0.3, 0.4) is 0 Å². The number of hydrogen-bond donors (Lipinski definition) is 1. The van der Waals surface area contributed by atoms with Crippen molar-refractivity contribution >= 4 is 18.6 Å². The number of carbonyl (C=O) groups is 1. The summed E-state index contributed by atoms with van der Waals surface area (Å²) in [6.45, 7) is 2.01. The molecule has 1 aliphatic rings. The molecule has 0 aliphatic carbocycles. The van der Waals surface area contributed by atoms with Gasteiger partial charge in [-0.25, -0.2) is 4.79 Å². The van der Waals surface area contributed by atoms with Crippen LogP contribution in [0.4, 0.5) is 0 Å². The van der Waals surface area contributed by atoms with Gasteiger partial charge in [-0.2, -0.15) is 0 Å². The Balaban J connectivity index is 1.87. The van der Waals surface area contributed by atoms with Crippen molar-refractivity contribution in [2.75, 3.05) is 19.8 Å². The minimum atomic E-state index is -0.290. The second-order valence-corrected chi connectivity index (χ2v) is 4.65. The summed E-state index contributed by atoms with van der Waals surface area (Å²) in [7, 11) is 0. The first-order valence-electron chi connectivity index (χ1n) is 5.80. The SMILES string of the molecule is O=C(OCC1CCOCC1)c1ccccc1S. The molecule has 0 radical (unpaired) electrons. The van der Waals surface area contributed by atoms with Crippen molar-refractivity contribution in [3.8, 4) is 0 Å². The van der Waals surface area contributed by atoms with Gasteiger partial charge >= 0.3 is 5.97 Å². The maximum atomic E-state index is 11.8. The van der Waals surface area contributed by atoms with Crippen LogP contribution in [0.1, 0.15) is 23.2 Å². The second-order valence-electron chi connectivity index (χ2n) is 4.17. The molecule has 4 heteroatoms. The van der Waals surface area contributed by atoms with Gasteiger partial charge in [-0.3, -0.25) is 0 Å². The first-order chi connectivity index (χ1) is 8.27. The highest BCUT2D eigenvalue weighted by atomic mass is 32.1. The van der Waals surface area contributed by atoms with Gasteiger partial charge in [0.1, 0.15) is 0 Å². The molecule has 2 rings (SSSR count). The average Bonchev–Trinajstić information content (AvgIpc) is 2.38. The minimum Gasteiger partial charge on any atom is -0.462 e. The second kappa shape index (κ2) is 6.07. The molecule has 0 aromatic heterocycles. The molecule has 17 heavy (non-hydrogen) atoms. The van der Waals surface area contributed by atoms with Crippen molar-refractivity contribution in [3.63, 3.8) is 0 Å². The van der Waals surface area contributed by atoms with E-state index in [1.165, 1.54) is 0 Å². The summed E-state index contributed by atoms with van der Waals surface area (Å²) in [5.74, 6) is 0.141. The average molecular weight is 252 g/mol. The third-order valence-electron chi connectivity index (χ3n) is 2.91. The fourth-order valence-electron chi connectivity index (χ4n) is 1.83. The topological polar surface area (TPSA) is 35.5 Å². The molecule has 0 atom stereocenters. The molecule has 1 aliphatic heterocycles. The summed E-state index contributed by atoms with van der Waals surface area (Å²) in [4.78, 5) is 12.5. The summed E-state index contributed by atoms with van der Waals surface area (Å²) in [5.41, 5.74) is 0.530. The van der Waals surface area contributed by atoms with Crippen LogP contribution in [0, 0.1) is 5.92 Å². The van der Waals surface area contributed by atoms with E-state index in [4.69, 9.17) is 9.47 Å². The predicted molar refractivity (Wildman–Crippen MR) is 67.5 cm³/mol. The fraction of sp³-hybridized carbons (Fsp3) is 0.462. The van der Waals surface area contributed by atoms with Crippen molar-refractivity contribution in [2.24, 2.45) is 5.92 Å². The summed E-state index contributed by atoms with van der Waals surface area (Å²) in [5, 5.41) is 0. The first-order valence-corrected chi connectivity index (χ1v) is 6.25. The highest BCUT2D eigenvalue weighted by Crippen LogP contribution is 2.18. The monoisotopic (exact) mass is 252 g/mol. The lowest BCUT2D eigenvalue weighted by atomic mass is 10.0. The zero-order valence-corrected chi connectivity index (χ0v) is 10.5. The minimum absolute atomic E-state index is 0.290. The van der Waals surface area contributed by atoms with E-state index >= 15 is 0 Å². The Morgan fingerprint density at radius 3 is 2.76 bits per heavy atom. The lowest BCUT2D eigenvalue weighted by Crippen LogP contribution is -2.22. The molecule has 0 spiro atoms. The molecule has 1 fully saturated rings. The molecule has 0 N–H and O–H groups in total. The Kier molecular flexibility index (Phi) is 4.45. The molecule has 0 saturated carbocycles. The lowest BCUT2D eigenvalue weighted by Gasteiger charge is -2.21. The van der Waals surface area contributed by atoms with E-state index in [1.807, 2.05) is 12.1 Å². The van der Waals surface area contributed by atoms with Crippen molar-refractivity contribution in [2.45, 2.75) is 17.7 Å². The van der Waals surface area contributed by atoms with E-state index in [-0.39, 0.29) is 5.97 Å². The van der Waals surface area contributed by atoms with Crippen LogP contribution >= 0.6 is 12.6 Å². The van der Waals surface area contributed by atoms with E-state index in [9.17, 15) is 4.79 Å². The van der Waals surface area contributed by atoms with Gasteiger partial charge in [0.25, 0.3) is 0 Å². The molecular formula is C13H16O3S. The third-order valence-corrected chi connectivity index (χ3v) is 3.30. The number of carbonyl (C=O) groups excluding carboxylic acids is 1. The fourth-order valence-corrected chi connectivity index (χ4v) is 2.08. The van der Waals surface area contributed by atoms with Gasteiger partial charge in [-0.1, -0.05) is 12.1 Å². The van der Waals surface area contributed by atoms with Crippen LogP contribution in [-0.4, -0.2) is 25.8 Å². The van der Waals surface area contributed by atoms with Gasteiger partial charge in [0.05, 0.1) is 12.2 Å². The Labute approximate surface area is 107 Å². The number of benzene rings is 1. The molecule has 1 aromatic carbocycles. The normalized spacial score (nSPS) is 16.8. The van der Waals surface area contributed by atoms with Gasteiger partial charge in [0, 0.05) is 18.1 Å². The molecule has 92 valence electrons. The van der Waals surface area contributed by atoms with Crippen molar-refractivity contribution < 1.29 is 14.3 Å². The maximum absolute atomic E-state index is 11.8. The number of thiol groups is 1. The van der Waals surface area contributed by atoms with Crippen LogP contribution in [0.15, 0.2) is 29.2 Å². The highest BCUT2D eigenvalue weighted by Gasteiger charge is 2.17. The first kappa shape index (κ1) is 12.5. The Morgan fingerprint density at radius 2 is 2.06 bits per heavy atom. The predicted octanol–water partition coefficient (Wildman–Crippen LogP) is 2.56. The maximum Gasteiger partial charge on any atom is 0.339 e. The number of esters is 1. The molecule has 0 amide bonds. The highest BCUT2D eigenvalue weighted by molar-refractivity contribution is 7.80. The van der Waals surface area contributed by atoms with Crippen LogP contribution in [0.5, 0.6) is 0 Å². The van der Waals surface area contributed by atoms with Crippen molar-refractivity contribution in [3.05, 3.63) is 29.8 Å². The van der Waals surface area contributed by atoms with Crippen molar-refractivity contribution in [1.82, 2.24) is 0 Å². The molecule has 1 saturated heterocycles. The quantitative estimate of drug-likeness (QED) is 0.663. The summed E-state index contributed by atoms with van der Waals surface area (Å²) >= 11 is 4.24. The Hall–Kier alpha value is -1.00. The van der Waals surface area contributed by atoms with Crippen molar-refractivity contribution in [1.29, 1.82) is 0 Å². The largest absolute Gasteiger partial charge is 0.462 e. The van der Waals surface area contributed by atoms with Gasteiger partial charge < -0.3 is 9.47 Å². The molecular weight excluding hydrogens is 236 g/mol. The summed E-state index contributed by atoms with van der Waals surface area (Å²) < 4.78 is 10.6. The molecule has 1 heterocycles. The lowest BCUT2D eigenvalue weighted by molar-refractivity contribution is 0.0183. The Morgan fingerprint density at radius 1 is 1.35 bits per heavy atom. The van der Waals surface area contributed by atoms with E-state index < -0.39 is 0 Å². The van der Waals surface area contributed by atoms with Crippen LogP contribution in [0.25, 0.3) is 0 Å². The van der Waals surface area contributed by atoms with Crippen LogP contribution < -0.4 is 0 Å². The van der Waals surface area contributed by atoms with Gasteiger partial charge in [-0.05, 0) is 30.9 Å². The van der Waals surface area contributed by atoms with Gasteiger partial charge in [0.15, 0.2) is 0 Å². The smallest absolute Gasteiger partial charge is 0.339 e. The van der Waals surface area contributed by atoms with E-state index in [0.29, 0.717) is 23.0 Å². The number of hydrogen-bond acceptors (Lipinski definition) is 4. The third kappa shape index (κ3) is 3.48. The van der Waals surface area contributed by atoms with Gasteiger partial charge in [0.2, 0.25) is 0 Å². The Bertz CT molecular complexity index is 386. The zero-order chi connectivity index (χ0) is 12.1. The standard InChI is InChI=1S/C13H16O3S/c14-13(11-3-1-2-4-12(11)17)16-9-10-5-7-15-8-6-10/h1-4,10,17H,5-9H2. The zero-order valence-electron chi connectivity index (χ0n) is 9.59. The number of ether oxygens (including phenoxy) is 2. The van der Waals surface area contributed by atoms with Crippen LogP contribution in [-0.2, 0) is 9.47 Å². The molecule has 0 bridgehead atoms. The van der Waals surface area contributed by atoms with E-state index in [1.54, 1.807) is 12.1 Å². The summed E-state index contributed by atoms with van der Waals surface area (Å²) in [6.07, 6.45) is 1.94. The summed E-state index contributed by atoms with van der Waals surface area (Å²) in [6, 6.07) is 7.17. The van der Waals surface area contributed by atoms with E-state index in [0.717, 1.165) is 26.1 Å². The van der Waals surface area contributed by atoms with Gasteiger partial charge in [-0.15, -0.1) is 12.6 Å². The molecule has 3 nitrogen and oxygen atoms in total. The molecule has 1 aromatic rings.